The van der Waals surface area contributed by atoms with Gasteiger partial charge in [0.1, 0.15) is 0 Å². The number of carbonyl (C=O) groups is 1. The highest BCUT2D eigenvalue weighted by molar-refractivity contribution is 7.99. The third-order valence-corrected chi connectivity index (χ3v) is 6.55. The summed E-state index contributed by atoms with van der Waals surface area (Å²) in [5, 5.41) is 5.91. The fourth-order valence-electron chi connectivity index (χ4n) is 3.85. The lowest BCUT2D eigenvalue weighted by Gasteiger charge is -2.27. The van der Waals surface area contributed by atoms with E-state index in [9.17, 15) is 18.0 Å². The van der Waals surface area contributed by atoms with Gasteiger partial charge in [-0.25, -0.2) is 0 Å². The fraction of sp³-hybridized carbons (Fsp3) is 0.381. The highest BCUT2D eigenvalue weighted by atomic mass is 32.2. The average molecular weight is 421 g/mol. The van der Waals surface area contributed by atoms with Crippen LogP contribution in [-0.4, -0.2) is 11.9 Å². The highest BCUT2D eigenvalue weighted by Crippen LogP contribution is 2.49. The molecule has 1 amide bonds. The van der Waals surface area contributed by atoms with E-state index in [4.69, 9.17) is 5.73 Å². The van der Waals surface area contributed by atoms with Crippen molar-refractivity contribution >= 4 is 34.7 Å². The number of nitrogens with two attached hydrogens (primary N) is 1. The first-order chi connectivity index (χ1) is 13.8. The zero-order valence-electron chi connectivity index (χ0n) is 15.7. The Hall–Kier alpha value is -2.19. The molecule has 2 aromatic rings. The molecule has 0 saturated heterocycles. The van der Waals surface area contributed by atoms with Gasteiger partial charge in [0.25, 0.3) is 0 Å². The molecule has 4 rings (SSSR count). The van der Waals surface area contributed by atoms with Crippen molar-refractivity contribution in [1.29, 1.82) is 0 Å². The van der Waals surface area contributed by atoms with Crippen LogP contribution >= 0.6 is 11.8 Å². The van der Waals surface area contributed by atoms with Gasteiger partial charge in [0, 0.05) is 22.3 Å². The van der Waals surface area contributed by atoms with Crippen LogP contribution in [0.3, 0.4) is 0 Å². The Kier molecular flexibility index (Phi) is 5.48. The largest absolute Gasteiger partial charge is 0.416 e. The van der Waals surface area contributed by atoms with Gasteiger partial charge in [0.2, 0.25) is 5.91 Å². The summed E-state index contributed by atoms with van der Waals surface area (Å²) in [5.74, 6) is -0.0443. The minimum absolute atomic E-state index is 0.161. The summed E-state index contributed by atoms with van der Waals surface area (Å²) < 4.78 is 40.3. The Morgan fingerprint density at radius 1 is 1.14 bits per heavy atom. The van der Waals surface area contributed by atoms with Crippen LogP contribution in [0.25, 0.3) is 0 Å². The van der Waals surface area contributed by atoms with Gasteiger partial charge in [-0.15, -0.1) is 0 Å². The van der Waals surface area contributed by atoms with Crippen molar-refractivity contribution in [2.75, 3.05) is 10.6 Å². The number of rotatable bonds is 3. The molecular weight excluding hydrogens is 399 g/mol. The maximum atomic E-state index is 13.4. The first-order valence-electron chi connectivity index (χ1n) is 9.64. The third kappa shape index (κ3) is 4.53. The number of amides is 1. The lowest BCUT2D eigenvalue weighted by atomic mass is 9.84. The molecule has 1 heterocycles. The molecule has 0 radical (unpaired) electrons. The lowest BCUT2D eigenvalue weighted by molar-refractivity contribution is -0.137. The Balaban J connectivity index is 1.59. The number of nitrogens with one attached hydrogen (secondary N) is 2. The fourth-order valence-corrected chi connectivity index (χ4v) is 4.92. The third-order valence-electron chi connectivity index (χ3n) is 5.44. The van der Waals surface area contributed by atoms with E-state index in [2.05, 4.69) is 10.6 Å². The highest BCUT2D eigenvalue weighted by Gasteiger charge is 2.34. The van der Waals surface area contributed by atoms with Crippen LogP contribution in [0.1, 0.15) is 37.7 Å². The number of hydrogen-bond donors (Lipinski definition) is 3. The number of fused-ring (bicyclic) bond motifs is 2. The number of para-hydroxylation sites is 1. The van der Waals surface area contributed by atoms with Gasteiger partial charge in [0.15, 0.2) is 0 Å². The van der Waals surface area contributed by atoms with Gasteiger partial charge < -0.3 is 16.4 Å². The minimum atomic E-state index is -4.49. The van der Waals surface area contributed by atoms with Crippen molar-refractivity contribution < 1.29 is 18.0 Å². The molecule has 8 heteroatoms. The van der Waals surface area contributed by atoms with Gasteiger partial charge >= 0.3 is 6.18 Å². The summed E-state index contributed by atoms with van der Waals surface area (Å²) in [4.78, 5) is 13.9. The number of halogens is 3. The van der Waals surface area contributed by atoms with Gasteiger partial charge in [-0.05, 0) is 55.9 Å². The first-order valence-corrected chi connectivity index (χ1v) is 10.5. The normalized spacial score (nSPS) is 21.0. The molecule has 0 spiro atoms. The smallest absolute Gasteiger partial charge is 0.352 e. The molecule has 0 unspecified atom stereocenters. The molecule has 1 aliphatic carbocycles. The summed E-state index contributed by atoms with van der Waals surface area (Å²) in [5.41, 5.74) is 6.60. The molecule has 0 atom stereocenters. The van der Waals surface area contributed by atoms with Gasteiger partial charge in [0.05, 0.1) is 22.6 Å². The summed E-state index contributed by atoms with van der Waals surface area (Å²) in [7, 11) is 0. The first kappa shape index (κ1) is 20.1. The van der Waals surface area contributed by atoms with E-state index in [1.807, 2.05) is 24.3 Å². The molecule has 0 aromatic heterocycles. The van der Waals surface area contributed by atoms with E-state index >= 15 is 0 Å². The van der Waals surface area contributed by atoms with Crippen LogP contribution in [0.5, 0.6) is 0 Å². The van der Waals surface area contributed by atoms with Crippen LogP contribution in [-0.2, 0) is 11.0 Å². The van der Waals surface area contributed by atoms with Crippen LogP contribution < -0.4 is 16.4 Å². The van der Waals surface area contributed by atoms with Crippen molar-refractivity contribution in [3.8, 4) is 0 Å². The van der Waals surface area contributed by atoms with Crippen LogP contribution in [0, 0.1) is 5.92 Å². The Morgan fingerprint density at radius 2 is 1.86 bits per heavy atom. The van der Waals surface area contributed by atoms with Crippen LogP contribution in [0.2, 0.25) is 0 Å². The monoisotopic (exact) mass is 421 g/mol. The van der Waals surface area contributed by atoms with Crippen molar-refractivity contribution in [1.82, 2.24) is 0 Å². The van der Waals surface area contributed by atoms with E-state index in [1.54, 1.807) is 0 Å². The molecule has 1 fully saturated rings. The molecular formula is C21H22F3N3OS. The average Bonchev–Trinajstić information content (AvgIpc) is 2.67. The molecule has 1 saturated carbocycles. The Morgan fingerprint density at radius 3 is 2.59 bits per heavy atom. The molecule has 4 nitrogen and oxygen atoms in total. The molecule has 29 heavy (non-hydrogen) atoms. The molecule has 154 valence electrons. The quantitative estimate of drug-likeness (QED) is 0.503. The topological polar surface area (TPSA) is 67.2 Å². The molecule has 2 aliphatic rings. The van der Waals surface area contributed by atoms with E-state index in [-0.39, 0.29) is 23.6 Å². The summed E-state index contributed by atoms with van der Waals surface area (Å²) in [6.45, 7) is 0. The minimum Gasteiger partial charge on any atom is -0.352 e. The molecule has 1 aliphatic heterocycles. The van der Waals surface area contributed by atoms with E-state index in [1.165, 1.54) is 11.8 Å². The van der Waals surface area contributed by atoms with E-state index in [0.29, 0.717) is 17.0 Å². The number of benzene rings is 2. The Bertz CT molecular complexity index is 924. The maximum absolute atomic E-state index is 13.4. The molecule has 4 N–H and O–H groups in total. The second kappa shape index (κ2) is 7.91. The Labute approximate surface area is 171 Å². The summed E-state index contributed by atoms with van der Waals surface area (Å²) >= 11 is 1.26. The lowest BCUT2D eigenvalue weighted by Crippen LogP contribution is -2.28. The summed E-state index contributed by atoms with van der Waals surface area (Å²) in [6.07, 6.45) is -0.696. The SMILES string of the molecule is NC1CCC(CC(=O)Nc2cc(C(F)(F)F)cc3c2Nc2ccccc2S3)CC1. The zero-order valence-corrected chi connectivity index (χ0v) is 16.5. The van der Waals surface area contributed by atoms with Crippen LogP contribution in [0.4, 0.5) is 30.2 Å². The van der Waals surface area contributed by atoms with Crippen LogP contribution in [0.15, 0.2) is 46.2 Å². The van der Waals surface area contributed by atoms with E-state index in [0.717, 1.165) is 48.4 Å². The van der Waals surface area contributed by atoms with E-state index < -0.39 is 11.7 Å². The molecule has 2 aromatic carbocycles. The predicted octanol–water partition coefficient (Wildman–Crippen LogP) is 5.76. The van der Waals surface area contributed by atoms with Crippen molar-refractivity contribution in [2.45, 2.75) is 54.1 Å². The second-order valence-electron chi connectivity index (χ2n) is 7.65. The van der Waals surface area contributed by atoms with Gasteiger partial charge in [-0.3, -0.25) is 4.79 Å². The predicted molar refractivity (Wildman–Crippen MR) is 108 cm³/mol. The van der Waals surface area contributed by atoms with Gasteiger partial charge in [-0.1, -0.05) is 23.9 Å². The van der Waals surface area contributed by atoms with Crippen molar-refractivity contribution in [3.05, 3.63) is 42.0 Å². The molecule has 0 bridgehead atoms. The summed E-state index contributed by atoms with van der Waals surface area (Å²) in [6, 6.07) is 9.72. The second-order valence-corrected chi connectivity index (χ2v) is 8.73. The standard InChI is InChI=1S/C21H22F3N3OS/c22-21(23,24)13-10-16(26-19(28)9-12-5-7-14(25)8-6-12)20-18(11-13)29-17-4-2-1-3-15(17)27-20/h1-4,10-12,14,27H,5-9,25H2,(H,26,28). The number of hydrogen-bond acceptors (Lipinski definition) is 4. The van der Waals surface area contributed by atoms with Gasteiger partial charge in [-0.2, -0.15) is 13.2 Å². The zero-order chi connectivity index (χ0) is 20.6. The number of carbonyl (C=O) groups excluding carboxylic acids is 1. The number of alkyl halides is 3. The van der Waals surface area contributed by atoms with Crippen molar-refractivity contribution in [3.63, 3.8) is 0 Å². The van der Waals surface area contributed by atoms with Crippen molar-refractivity contribution in [2.24, 2.45) is 11.7 Å². The maximum Gasteiger partial charge on any atom is 0.416 e. The number of anilines is 3.